The topological polar surface area (TPSA) is 133 Å². The van der Waals surface area contributed by atoms with Gasteiger partial charge in [0.15, 0.2) is 0 Å². The quantitative estimate of drug-likeness (QED) is 0.205. The number of nitrogens with one attached hydrogen (secondary N) is 2. The highest BCUT2D eigenvalue weighted by atomic mass is 16.7. The van der Waals surface area contributed by atoms with Crippen LogP contribution >= 0.6 is 0 Å². The number of nitrogens with two attached hydrogens (primary N) is 1. The maximum absolute atomic E-state index is 14.3. The normalized spacial score (nSPS) is 27.6. The number of ether oxygens (including phenoxy) is 1. The van der Waals surface area contributed by atoms with E-state index >= 15 is 0 Å². The summed E-state index contributed by atoms with van der Waals surface area (Å²) in [5.41, 5.74) is 10.4. The van der Waals surface area contributed by atoms with Crippen molar-refractivity contribution in [1.82, 2.24) is 20.6 Å². The van der Waals surface area contributed by atoms with Crippen molar-refractivity contribution >= 4 is 17.5 Å². The summed E-state index contributed by atoms with van der Waals surface area (Å²) in [7, 11) is 9.60. The minimum atomic E-state index is -0.815. The molecule has 11 nitrogen and oxygen atoms in total. The van der Waals surface area contributed by atoms with Crippen LogP contribution in [-0.4, -0.2) is 106 Å². The van der Waals surface area contributed by atoms with Crippen LogP contribution in [0.25, 0.3) is 11.1 Å². The van der Waals surface area contributed by atoms with Crippen molar-refractivity contribution in [2.24, 2.45) is 40.7 Å². The summed E-state index contributed by atoms with van der Waals surface area (Å²) in [4.78, 5) is 38.6. The second kappa shape index (κ2) is 16.7. The predicted octanol–water partition coefficient (Wildman–Crippen LogP) is 4.76. The summed E-state index contributed by atoms with van der Waals surface area (Å²) in [6.07, 6.45) is 1.71. The first-order valence-electron chi connectivity index (χ1n) is 19.5. The summed E-state index contributed by atoms with van der Waals surface area (Å²) in [5, 5.41) is 19.4. The van der Waals surface area contributed by atoms with Crippen molar-refractivity contribution in [3.8, 4) is 16.9 Å². The van der Waals surface area contributed by atoms with E-state index in [-0.39, 0.29) is 37.0 Å². The Kier molecular flexibility index (Phi) is 12.9. The van der Waals surface area contributed by atoms with Crippen molar-refractivity contribution in [2.75, 3.05) is 53.3 Å². The lowest BCUT2D eigenvalue weighted by Gasteiger charge is -2.62. The standard InChI is InChI=1S/C42H66N6O5/c1-24(2)15-31(23-46(7)8)44-40(50)29-16-28(17-32(18-29)47(9)10)33-14-12-13-27(39(33)52-11)22-48-38(37(26(4)49)36(21-43)53-48)41(51)45-35-20-30-19-34(25(35)3)42(30,5)6/h12-14,16-18,24-26,30-31,34-38,49H,15,19-23,43H2,1-11H3,(H,44,50)(H,45,51)/t25-,26-,30+,31+,34+,35-,36-,37+,38-/m0/s1. The summed E-state index contributed by atoms with van der Waals surface area (Å²) in [5.74, 6) is 1.82. The molecule has 1 saturated heterocycles. The van der Waals surface area contributed by atoms with Crippen LogP contribution < -0.4 is 26.0 Å². The lowest BCUT2D eigenvalue weighted by Crippen LogP contribution is -2.62. The smallest absolute Gasteiger partial charge is 0.251 e. The van der Waals surface area contributed by atoms with Crippen molar-refractivity contribution in [2.45, 2.75) is 97.7 Å². The Labute approximate surface area is 317 Å². The van der Waals surface area contributed by atoms with E-state index in [4.69, 9.17) is 15.3 Å². The van der Waals surface area contributed by atoms with Crippen LogP contribution in [0.3, 0.4) is 0 Å². The van der Waals surface area contributed by atoms with Gasteiger partial charge in [0.2, 0.25) is 5.91 Å². The van der Waals surface area contributed by atoms with Crippen LogP contribution in [0.15, 0.2) is 36.4 Å². The van der Waals surface area contributed by atoms with Gasteiger partial charge in [0.1, 0.15) is 11.8 Å². The maximum Gasteiger partial charge on any atom is 0.251 e. The van der Waals surface area contributed by atoms with Crippen LogP contribution in [0.2, 0.25) is 0 Å². The molecule has 4 aliphatic rings. The predicted molar refractivity (Wildman–Crippen MR) is 212 cm³/mol. The molecule has 294 valence electrons. The van der Waals surface area contributed by atoms with Crippen molar-refractivity contribution in [3.63, 3.8) is 0 Å². The Morgan fingerprint density at radius 2 is 1.83 bits per heavy atom. The van der Waals surface area contributed by atoms with Gasteiger partial charge >= 0.3 is 0 Å². The second-order valence-corrected chi connectivity index (χ2v) is 17.5. The minimum Gasteiger partial charge on any atom is -0.496 e. The van der Waals surface area contributed by atoms with Gasteiger partial charge < -0.3 is 36.0 Å². The number of carbonyl (C=O) groups is 2. The molecule has 1 aliphatic heterocycles. The van der Waals surface area contributed by atoms with E-state index in [1.807, 2.05) is 63.4 Å². The Morgan fingerprint density at radius 1 is 1.11 bits per heavy atom. The third kappa shape index (κ3) is 8.70. The van der Waals surface area contributed by atoms with Crippen LogP contribution in [0, 0.1) is 35.0 Å². The number of amides is 2. The number of anilines is 1. The SMILES string of the molecule is COc1c(CN2O[C@@H](CN)[C@@H]([C@H](C)O)[C@H]2C(=O)N[C@H]2C[C@H]3C[C@H]([C@@H]2C)C3(C)C)cccc1-c1cc(C(=O)N[C@H](CC(C)C)CN(C)C)cc(N(C)C)c1. The Bertz CT molecular complexity index is 1580. The lowest BCUT2D eigenvalue weighted by atomic mass is 9.45. The Hall–Kier alpha value is -3.22. The zero-order valence-corrected chi connectivity index (χ0v) is 34.0. The molecule has 2 aromatic carbocycles. The highest BCUT2D eigenvalue weighted by molar-refractivity contribution is 5.97. The van der Waals surface area contributed by atoms with Crippen LogP contribution in [0.4, 0.5) is 5.69 Å². The zero-order chi connectivity index (χ0) is 38.9. The first kappa shape index (κ1) is 41.0. The number of aliphatic hydroxyl groups is 1. The molecule has 2 aromatic rings. The van der Waals surface area contributed by atoms with Gasteiger partial charge in [0.25, 0.3) is 5.91 Å². The van der Waals surface area contributed by atoms with Gasteiger partial charge in [0.05, 0.1) is 25.9 Å². The number of fused-ring (bicyclic) bond motifs is 2. The van der Waals surface area contributed by atoms with Crippen molar-refractivity contribution < 1.29 is 24.3 Å². The molecule has 0 unspecified atom stereocenters. The molecule has 3 saturated carbocycles. The fourth-order valence-corrected chi connectivity index (χ4v) is 9.49. The van der Waals surface area contributed by atoms with Crippen LogP contribution in [0.1, 0.15) is 76.7 Å². The number of rotatable bonds is 15. The number of aliphatic hydroxyl groups excluding tert-OH is 1. The first-order valence-corrected chi connectivity index (χ1v) is 19.5. The molecule has 2 amide bonds. The van der Waals surface area contributed by atoms with Crippen LogP contribution in [-0.2, 0) is 16.2 Å². The number of nitrogens with zero attached hydrogens (tertiary/aromatic N) is 3. The van der Waals surface area contributed by atoms with E-state index in [0.717, 1.165) is 41.8 Å². The number of para-hydroxylation sites is 1. The lowest BCUT2D eigenvalue weighted by molar-refractivity contribution is -0.175. The highest BCUT2D eigenvalue weighted by Gasteiger charge is 2.57. The van der Waals surface area contributed by atoms with Crippen molar-refractivity contribution in [3.05, 3.63) is 47.5 Å². The van der Waals surface area contributed by atoms with E-state index in [1.165, 1.54) is 6.42 Å². The molecule has 5 N–H and O–H groups in total. The van der Waals surface area contributed by atoms with Gasteiger partial charge in [-0.15, -0.1) is 0 Å². The molecule has 2 bridgehead atoms. The average Bonchev–Trinajstić information content (AvgIpc) is 3.46. The number of hydrogen-bond acceptors (Lipinski definition) is 9. The van der Waals surface area contributed by atoms with Gasteiger partial charge in [-0.25, -0.2) is 0 Å². The molecule has 6 rings (SSSR count). The molecule has 9 atom stereocenters. The van der Waals surface area contributed by atoms with E-state index in [0.29, 0.717) is 40.4 Å². The second-order valence-electron chi connectivity index (χ2n) is 17.5. The van der Waals surface area contributed by atoms with E-state index in [1.54, 1.807) is 19.1 Å². The van der Waals surface area contributed by atoms with Gasteiger partial charge in [-0.1, -0.05) is 52.8 Å². The fourth-order valence-electron chi connectivity index (χ4n) is 9.49. The largest absolute Gasteiger partial charge is 0.496 e. The van der Waals surface area contributed by atoms with Gasteiger partial charge in [0, 0.05) is 67.6 Å². The number of likely N-dealkylation sites (N-methyl/N-ethyl adjacent to an activating group) is 1. The average molecular weight is 735 g/mol. The summed E-state index contributed by atoms with van der Waals surface area (Å²) >= 11 is 0. The Morgan fingerprint density at radius 3 is 2.40 bits per heavy atom. The van der Waals surface area contributed by atoms with E-state index in [9.17, 15) is 14.7 Å². The molecule has 0 aromatic heterocycles. The highest BCUT2D eigenvalue weighted by Crippen LogP contribution is 2.61. The fraction of sp³-hybridized carbons (Fsp3) is 0.667. The number of hydroxylamine groups is 2. The molecular weight excluding hydrogens is 668 g/mol. The minimum absolute atomic E-state index is 0.00843. The maximum atomic E-state index is 14.3. The number of carbonyl (C=O) groups excluding carboxylic acids is 2. The first-order chi connectivity index (χ1) is 25.0. The molecule has 4 fully saturated rings. The third-order valence-corrected chi connectivity index (χ3v) is 12.4. The van der Waals surface area contributed by atoms with Gasteiger partial charge in [-0.2, -0.15) is 5.06 Å². The summed E-state index contributed by atoms with van der Waals surface area (Å²) in [6, 6.07) is 11.1. The molecule has 3 aliphatic carbocycles. The molecule has 53 heavy (non-hydrogen) atoms. The zero-order valence-electron chi connectivity index (χ0n) is 34.0. The molecule has 1 heterocycles. The summed E-state index contributed by atoms with van der Waals surface area (Å²) < 4.78 is 6.11. The number of benzene rings is 2. The molecule has 11 heteroatoms. The van der Waals surface area contributed by atoms with E-state index in [2.05, 4.69) is 56.2 Å². The summed E-state index contributed by atoms with van der Waals surface area (Å²) in [6.45, 7) is 14.2. The Balaban J connectivity index is 1.45. The molecule has 0 radical (unpaired) electrons. The molecular formula is C42H66N6O5. The number of hydrogen-bond donors (Lipinski definition) is 4. The van der Waals surface area contributed by atoms with Gasteiger partial charge in [-0.05, 0) is 93.1 Å². The monoisotopic (exact) mass is 735 g/mol. The van der Waals surface area contributed by atoms with Crippen molar-refractivity contribution in [1.29, 1.82) is 0 Å². The van der Waals surface area contributed by atoms with Gasteiger partial charge in [-0.3, -0.25) is 14.4 Å². The third-order valence-electron chi connectivity index (χ3n) is 12.4. The molecule has 0 spiro atoms. The van der Waals surface area contributed by atoms with Crippen LogP contribution in [0.5, 0.6) is 5.75 Å². The number of methoxy groups -OCH3 is 1. The van der Waals surface area contributed by atoms with E-state index < -0.39 is 24.2 Å².